The number of carbonyl (C=O) groups excluding carboxylic acids is 1. The van der Waals surface area contributed by atoms with Crippen molar-refractivity contribution in [2.75, 3.05) is 13.1 Å². The van der Waals surface area contributed by atoms with Crippen LogP contribution in [0.5, 0.6) is 0 Å². The number of amides is 1. The summed E-state index contributed by atoms with van der Waals surface area (Å²) in [4.78, 5) is 24.6. The molecule has 4 nitrogen and oxygen atoms in total. The molecule has 92 valence electrons. The van der Waals surface area contributed by atoms with Crippen molar-refractivity contribution in [3.05, 3.63) is 0 Å². The van der Waals surface area contributed by atoms with Crippen LogP contribution >= 0.6 is 11.8 Å². The third kappa shape index (κ3) is 3.40. The number of aliphatic carboxylic acids is 1. The lowest BCUT2D eigenvalue weighted by Crippen LogP contribution is -2.35. The average molecular weight is 245 g/mol. The van der Waals surface area contributed by atoms with Crippen molar-refractivity contribution < 1.29 is 14.7 Å². The van der Waals surface area contributed by atoms with E-state index in [9.17, 15) is 9.59 Å². The van der Waals surface area contributed by atoms with E-state index in [1.807, 2.05) is 11.8 Å². The molecule has 0 aromatic heterocycles. The quantitative estimate of drug-likeness (QED) is 0.799. The number of hydrogen-bond donors (Lipinski definition) is 1. The summed E-state index contributed by atoms with van der Waals surface area (Å²) in [5.74, 6) is -0.740. The largest absolute Gasteiger partial charge is 0.480 e. The van der Waals surface area contributed by atoms with Gasteiger partial charge in [-0.3, -0.25) is 9.59 Å². The zero-order chi connectivity index (χ0) is 12.1. The summed E-state index contributed by atoms with van der Waals surface area (Å²) in [6, 6.07) is 0. The summed E-state index contributed by atoms with van der Waals surface area (Å²) in [6.07, 6.45) is 2.69. The minimum atomic E-state index is -0.825. The highest BCUT2D eigenvalue weighted by Gasteiger charge is 2.27. The van der Waals surface area contributed by atoms with Gasteiger partial charge in [0.15, 0.2) is 0 Å². The number of carboxylic acids is 1. The summed E-state index contributed by atoms with van der Waals surface area (Å²) in [5, 5.41) is 8.20. The third-order valence-corrected chi connectivity index (χ3v) is 4.25. The van der Waals surface area contributed by atoms with Crippen molar-refractivity contribution in [3.63, 3.8) is 0 Å². The average Bonchev–Trinajstić information content (AvgIpc) is 2.77. The maximum Gasteiger partial charge on any atom is 0.316 e. The van der Waals surface area contributed by atoms with Gasteiger partial charge in [-0.15, -0.1) is 11.8 Å². The molecule has 1 aliphatic rings. The van der Waals surface area contributed by atoms with Gasteiger partial charge >= 0.3 is 5.97 Å². The molecule has 0 aromatic rings. The lowest BCUT2D eigenvalue weighted by Gasteiger charge is -2.21. The summed E-state index contributed by atoms with van der Waals surface area (Å²) in [5.41, 5.74) is 0. The predicted octanol–water partition coefficient (Wildman–Crippen LogP) is 1.59. The predicted molar refractivity (Wildman–Crippen MR) is 64.6 cm³/mol. The zero-order valence-electron chi connectivity index (χ0n) is 9.81. The highest BCUT2D eigenvalue weighted by atomic mass is 32.2. The van der Waals surface area contributed by atoms with Crippen LogP contribution < -0.4 is 0 Å². The van der Waals surface area contributed by atoms with Crippen molar-refractivity contribution in [3.8, 4) is 0 Å². The first kappa shape index (κ1) is 13.4. The van der Waals surface area contributed by atoms with Crippen LogP contribution in [0.4, 0.5) is 0 Å². The van der Waals surface area contributed by atoms with Gasteiger partial charge in [0.05, 0.1) is 5.25 Å². The van der Waals surface area contributed by atoms with E-state index in [2.05, 4.69) is 0 Å². The van der Waals surface area contributed by atoms with Gasteiger partial charge in [0, 0.05) is 13.1 Å². The van der Waals surface area contributed by atoms with Crippen LogP contribution in [-0.2, 0) is 9.59 Å². The summed E-state index contributed by atoms with van der Waals surface area (Å²) in [7, 11) is 0. The number of likely N-dealkylation sites (tertiary alicyclic amines) is 1. The molecule has 2 atom stereocenters. The maximum absolute atomic E-state index is 11.9. The van der Waals surface area contributed by atoms with Gasteiger partial charge in [0.2, 0.25) is 5.91 Å². The second-order valence-corrected chi connectivity index (χ2v) is 5.59. The van der Waals surface area contributed by atoms with Crippen LogP contribution in [0.15, 0.2) is 0 Å². The van der Waals surface area contributed by atoms with Gasteiger partial charge < -0.3 is 10.0 Å². The molecular weight excluding hydrogens is 226 g/mol. The van der Waals surface area contributed by atoms with E-state index in [0.29, 0.717) is 6.42 Å². The summed E-state index contributed by atoms with van der Waals surface area (Å²) >= 11 is 1.26. The molecule has 0 aliphatic carbocycles. The third-order valence-electron chi connectivity index (χ3n) is 2.78. The van der Waals surface area contributed by atoms with E-state index in [1.54, 1.807) is 6.92 Å². The van der Waals surface area contributed by atoms with Crippen molar-refractivity contribution in [1.82, 2.24) is 4.90 Å². The molecule has 0 radical (unpaired) electrons. The van der Waals surface area contributed by atoms with Crippen molar-refractivity contribution in [1.29, 1.82) is 0 Å². The number of carbonyl (C=O) groups is 2. The second kappa shape index (κ2) is 6.13. The van der Waals surface area contributed by atoms with E-state index < -0.39 is 11.2 Å². The second-order valence-electron chi connectivity index (χ2n) is 4.05. The molecule has 1 N–H and O–H groups in total. The van der Waals surface area contributed by atoms with Crippen LogP contribution in [-0.4, -0.2) is 45.5 Å². The number of carboxylic acid groups (broad SMARTS) is 1. The lowest BCUT2D eigenvalue weighted by molar-refractivity contribution is -0.136. The smallest absolute Gasteiger partial charge is 0.316 e. The minimum absolute atomic E-state index is 0.0854. The maximum atomic E-state index is 11.9. The Hall–Kier alpha value is -0.710. The molecular formula is C11H19NO3S. The molecule has 0 saturated carbocycles. The molecule has 2 unspecified atom stereocenters. The van der Waals surface area contributed by atoms with Crippen LogP contribution in [0.3, 0.4) is 0 Å². The molecule has 0 bridgehead atoms. The molecule has 1 aliphatic heterocycles. The molecule has 1 amide bonds. The first-order chi connectivity index (χ1) is 7.56. The fourth-order valence-corrected chi connectivity index (χ4v) is 2.90. The fraction of sp³-hybridized carbons (Fsp3) is 0.818. The summed E-state index contributed by atoms with van der Waals surface area (Å²) < 4.78 is 0. The monoisotopic (exact) mass is 245 g/mol. The number of hydrogen-bond acceptors (Lipinski definition) is 3. The van der Waals surface area contributed by atoms with Crippen LogP contribution in [0.1, 0.15) is 33.1 Å². The van der Waals surface area contributed by atoms with Gasteiger partial charge in [-0.25, -0.2) is 0 Å². The highest BCUT2D eigenvalue weighted by Crippen LogP contribution is 2.23. The van der Waals surface area contributed by atoms with Gasteiger partial charge in [-0.1, -0.05) is 6.92 Å². The first-order valence-electron chi connectivity index (χ1n) is 5.73. The Bertz CT molecular complexity index is 264. The van der Waals surface area contributed by atoms with Crippen molar-refractivity contribution in [2.45, 2.75) is 43.6 Å². The van der Waals surface area contributed by atoms with E-state index >= 15 is 0 Å². The summed E-state index contributed by atoms with van der Waals surface area (Å²) in [6.45, 7) is 5.29. The normalized spacial score (nSPS) is 19.5. The zero-order valence-corrected chi connectivity index (χ0v) is 10.6. The Kier molecular flexibility index (Phi) is 5.12. The molecule has 0 spiro atoms. The standard InChI is InChI=1S/C11H19NO3S/c1-3-9(11(14)15)16-8(2)10(13)12-6-4-5-7-12/h8-9H,3-7H2,1-2H3,(H,14,15). The number of nitrogens with zero attached hydrogens (tertiary/aromatic N) is 1. The van der Waals surface area contributed by atoms with Crippen LogP contribution in [0, 0.1) is 0 Å². The Morgan fingerprint density at radius 1 is 1.38 bits per heavy atom. The Labute approximate surface area is 100 Å². The molecule has 16 heavy (non-hydrogen) atoms. The van der Waals surface area contributed by atoms with Crippen molar-refractivity contribution in [2.24, 2.45) is 0 Å². The van der Waals surface area contributed by atoms with Crippen LogP contribution in [0.25, 0.3) is 0 Å². The van der Waals surface area contributed by atoms with E-state index in [-0.39, 0.29) is 11.2 Å². The molecule has 1 saturated heterocycles. The topological polar surface area (TPSA) is 57.6 Å². The minimum Gasteiger partial charge on any atom is -0.480 e. The Balaban J connectivity index is 2.46. The van der Waals surface area contributed by atoms with Gasteiger partial charge in [0.25, 0.3) is 0 Å². The molecule has 1 fully saturated rings. The SMILES string of the molecule is CCC(SC(C)C(=O)N1CCCC1)C(=O)O. The van der Waals surface area contributed by atoms with E-state index in [0.717, 1.165) is 25.9 Å². The molecule has 0 aromatic carbocycles. The Morgan fingerprint density at radius 3 is 2.38 bits per heavy atom. The fourth-order valence-electron chi connectivity index (χ4n) is 1.83. The molecule has 1 heterocycles. The van der Waals surface area contributed by atoms with E-state index in [4.69, 9.17) is 5.11 Å². The van der Waals surface area contributed by atoms with Crippen LogP contribution in [0.2, 0.25) is 0 Å². The number of thioether (sulfide) groups is 1. The van der Waals surface area contributed by atoms with Gasteiger partial charge in [-0.2, -0.15) is 0 Å². The van der Waals surface area contributed by atoms with Gasteiger partial charge in [-0.05, 0) is 26.2 Å². The van der Waals surface area contributed by atoms with Gasteiger partial charge in [0.1, 0.15) is 5.25 Å². The number of rotatable bonds is 5. The Morgan fingerprint density at radius 2 is 1.94 bits per heavy atom. The first-order valence-corrected chi connectivity index (χ1v) is 6.67. The van der Waals surface area contributed by atoms with Crippen molar-refractivity contribution >= 4 is 23.6 Å². The lowest BCUT2D eigenvalue weighted by atomic mass is 10.3. The highest BCUT2D eigenvalue weighted by molar-refractivity contribution is 8.01. The molecule has 1 rings (SSSR count). The molecule has 5 heteroatoms. The van der Waals surface area contributed by atoms with E-state index in [1.165, 1.54) is 11.8 Å².